The van der Waals surface area contributed by atoms with E-state index in [2.05, 4.69) is 47.5 Å². The highest BCUT2D eigenvalue weighted by Crippen LogP contribution is 2.46. The lowest BCUT2D eigenvalue weighted by molar-refractivity contribution is 0.0723. The van der Waals surface area contributed by atoms with Gasteiger partial charge in [-0.25, -0.2) is 0 Å². The Bertz CT molecular complexity index is 1670. The Morgan fingerprint density at radius 1 is 0.902 bits per heavy atom. The lowest BCUT2D eigenvalue weighted by Crippen LogP contribution is -2.54. The average molecular weight is 566 g/mol. The van der Waals surface area contributed by atoms with Gasteiger partial charge in [0, 0.05) is 35.5 Å². The molecule has 0 spiro atoms. The molecule has 41 heavy (non-hydrogen) atoms. The molecule has 3 heterocycles. The van der Waals surface area contributed by atoms with Crippen LogP contribution in [0.5, 0.6) is 11.5 Å². The number of pyridine rings is 1. The van der Waals surface area contributed by atoms with Gasteiger partial charge in [0.1, 0.15) is 25.1 Å². The van der Waals surface area contributed by atoms with Gasteiger partial charge in [0.2, 0.25) is 5.43 Å². The van der Waals surface area contributed by atoms with E-state index in [0.29, 0.717) is 19.2 Å². The SMILES string of the molecule is CN1CN([C@@H]2c3ccccc3SCc3cccc(OCC4CC4)c32)n2ccc(=O)c(OCc3ccccc3)c2C1=O. The predicted molar refractivity (Wildman–Crippen MR) is 159 cm³/mol. The van der Waals surface area contributed by atoms with Crippen LogP contribution in [0.3, 0.4) is 0 Å². The zero-order valence-electron chi connectivity index (χ0n) is 22.9. The van der Waals surface area contributed by atoms with Gasteiger partial charge in [-0.2, -0.15) is 0 Å². The molecule has 0 bridgehead atoms. The van der Waals surface area contributed by atoms with Crippen molar-refractivity contribution in [1.29, 1.82) is 0 Å². The molecular weight excluding hydrogens is 534 g/mol. The molecule has 1 fully saturated rings. The molecule has 0 unspecified atom stereocenters. The topological polar surface area (TPSA) is 64.0 Å². The largest absolute Gasteiger partial charge is 0.493 e. The Kier molecular flexibility index (Phi) is 6.71. The Morgan fingerprint density at radius 3 is 2.54 bits per heavy atom. The lowest BCUT2D eigenvalue weighted by atomic mass is 9.93. The van der Waals surface area contributed by atoms with Crippen molar-refractivity contribution in [2.45, 2.75) is 36.1 Å². The van der Waals surface area contributed by atoms with E-state index in [0.717, 1.165) is 28.2 Å². The molecule has 1 atom stereocenters. The molecule has 1 aliphatic carbocycles. The van der Waals surface area contributed by atoms with Gasteiger partial charge in [-0.15, -0.1) is 11.8 Å². The first-order chi connectivity index (χ1) is 20.1. The third-order valence-corrected chi connectivity index (χ3v) is 9.08. The van der Waals surface area contributed by atoms with E-state index in [4.69, 9.17) is 9.47 Å². The van der Waals surface area contributed by atoms with Crippen LogP contribution in [0.25, 0.3) is 0 Å². The minimum Gasteiger partial charge on any atom is -0.493 e. The molecule has 3 aliphatic rings. The lowest BCUT2D eigenvalue weighted by Gasteiger charge is -2.43. The monoisotopic (exact) mass is 565 g/mol. The van der Waals surface area contributed by atoms with Gasteiger partial charge in [0.15, 0.2) is 11.4 Å². The number of thioether (sulfide) groups is 1. The molecule has 3 aromatic carbocycles. The Hall–Kier alpha value is -4.17. The molecule has 0 radical (unpaired) electrons. The summed E-state index contributed by atoms with van der Waals surface area (Å²) in [6, 6.07) is 25.6. The molecule has 1 amide bonds. The van der Waals surface area contributed by atoms with Crippen LogP contribution in [0.4, 0.5) is 0 Å². The van der Waals surface area contributed by atoms with Crippen LogP contribution < -0.4 is 19.9 Å². The number of ether oxygens (including phenoxy) is 2. The summed E-state index contributed by atoms with van der Waals surface area (Å²) in [5, 5.41) is 2.15. The molecular formula is C33H31N3O4S. The highest BCUT2D eigenvalue weighted by atomic mass is 32.2. The van der Waals surface area contributed by atoms with Gasteiger partial charge in [-0.05, 0) is 47.6 Å². The number of nitrogens with zero attached hydrogens (tertiary/aromatic N) is 3. The maximum absolute atomic E-state index is 13.7. The maximum Gasteiger partial charge on any atom is 0.277 e. The van der Waals surface area contributed by atoms with Gasteiger partial charge in [-0.3, -0.25) is 19.3 Å². The number of benzene rings is 3. The van der Waals surface area contributed by atoms with Crippen LogP contribution in [-0.2, 0) is 12.4 Å². The van der Waals surface area contributed by atoms with E-state index >= 15 is 0 Å². The fourth-order valence-electron chi connectivity index (χ4n) is 5.63. The Balaban J connectivity index is 1.38. The fraction of sp³-hybridized carbons (Fsp3) is 0.273. The van der Waals surface area contributed by atoms with Crippen molar-refractivity contribution in [2.24, 2.45) is 5.92 Å². The first kappa shape index (κ1) is 25.8. The number of amides is 1. The standard InChI is InChI=1S/C33H31N3O4S/c1-34-21-36(35-17-16-26(37)32(31(35)33(34)38)40-19-22-8-3-2-4-9-22)30-25-11-5-6-13-28(25)41-20-24-10-7-12-27(29(24)30)39-18-23-14-15-23/h2-13,16-17,23,30H,14-15,18-21H2,1H3/t30-/m1/s1. The van der Waals surface area contributed by atoms with E-state index in [1.807, 2.05) is 46.8 Å². The van der Waals surface area contributed by atoms with Gasteiger partial charge in [-0.1, -0.05) is 60.7 Å². The Morgan fingerprint density at radius 2 is 1.71 bits per heavy atom. The number of carbonyl (C=O) groups excluding carboxylic acids is 1. The van der Waals surface area contributed by atoms with Crippen molar-refractivity contribution in [1.82, 2.24) is 9.58 Å². The van der Waals surface area contributed by atoms with Crippen molar-refractivity contribution in [3.63, 3.8) is 0 Å². The number of hydrogen-bond acceptors (Lipinski definition) is 6. The van der Waals surface area contributed by atoms with E-state index < -0.39 is 0 Å². The first-order valence-corrected chi connectivity index (χ1v) is 15.0. The molecule has 8 heteroatoms. The van der Waals surface area contributed by atoms with Crippen molar-refractivity contribution >= 4 is 17.7 Å². The molecule has 1 aromatic heterocycles. The number of fused-ring (bicyclic) bond motifs is 3. The highest BCUT2D eigenvalue weighted by molar-refractivity contribution is 7.98. The number of aromatic nitrogens is 1. The zero-order valence-corrected chi connectivity index (χ0v) is 23.7. The number of rotatable bonds is 7. The minimum absolute atomic E-state index is 0.0627. The minimum atomic E-state index is -0.318. The summed E-state index contributed by atoms with van der Waals surface area (Å²) in [7, 11) is 1.77. The van der Waals surface area contributed by atoms with Crippen LogP contribution in [0, 0.1) is 5.92 Å². The summed E-state index contributed by atoms with van der Waals surface area (Å²) < 4.78 is 14.4. The van der Waals surface area contributed by atoms with Gasteiger partial charge in [0.05, 0.1) is 6.61 Å². The van der Waals surface area contributed by atoms with Gasteiger partial charge < -0.3 is 14.4 Å². The molecule has 0 N–H and O–H groups in total. The van der Waals surface area contributed by atoms with E-state index in [-0.39, 0.29) is 35.4 Å². The molecule has 7 nitrogen and oxygen atoms in total. The van der Waals surface area contributed by atoms with Crippen LogP contribution in [0.1, 0.15) is 51.6 Å². The predicted octanol–water partition coefficient (Wildman–Crippen LogP) is 5.59. The van der Waals surface area contributed by atoms with Crippen LogP contribution in [0.2, 0.25) is 0 Å². The van der Waals surface area contributed by atoms with Crippen LogP contribution in [0.15, 0.2) is 94.7 Å². The van der Waals surface area contributed by atoms with E-state index in [1.165, 1.54) is 29.4 Å². The Labute approximate surface area is 243 Å². The first-order valence-electron chi connectivity index (χ1n) is 14.0. The van der Waals surface area contributed by atoms with Crippen molar-refractivity contribution < 1.29 is 14.3 Å². The molecule has 208 valence electrons. The number of hydrogen-bond donors (Lipinski definition) is 0. The molecule has 1 saturated carbocycles. The molecule has 0 saturated heterocycles. The van der Waals surface area contributed by atoms with Crippen molar-refractivity contribution in [2.75, 3.05) is 25.3 Å². The van der Waals surface area contributed by atoms with Crippen molar-refractivity contribution in [3.8, 4) is 11.5 Å². The van der Waals surface area contributed by atoms with Crippen molar-refractivity contribution in [3.05, 3.63) is 123 Å². The second-order valence-corrected chi connectivity index (χ2v) is 11.9. The average Bonchev–Trinajstić information content (AvgIpc) is 3.84. The van der Waals surface area contributed by atoms with Crippen LogP contribution >= 0.6 is 11.8 Å². The van der Waals surface area contributed by atoms with E-state index in [1.54, 1.807) is 18.1 Å². The quantitative estimate of drug-likeness (QED) is 0.291. The summed E-state index contributed by atoms with van der Waals surface area (Å²) in [4.78, 5) is 29.7. The molecule has 4 aromatic rings. The highest BCUT2D eigenvalue weighted by Gasteiger charge is 2.39. The molecule has 7 rings (SSSR count). The third-order valence-electron chi connectivity index (χ3n) is 7.94. The summed E-state index contributed by atoms with van der Waals surface area (Å²) >= 11 is 1.81. The normalized spacial score (nSPS) is 17.8. The smallest absolute Gasteiger partial charge is 0.277 e. The maximum atomic E-state index is 13.7. The number of carbonyl (C=O) groups is 1. The van der Waals surface area contributed by atoms with E-state index in [9.17, 15) is 9.59 Å². The summed E-state index contributed by atoms with van der Waals surface area (Å²) in [6.07, 6.45) is 4.12. The van der Waals surface area contributed by atoms with Gasteiger partial charge >= 0.3 is 0 Å². The van der Waals surface area contributed by atoms with Crippen LogP contribution in [-0.4, -0.2) is 35.8 Å². The fourth-order valence-corrected chi connectivity index (χ4v) is 6.71. The second-order valence-electron chi connectivity index (χ2n) is 10.9. The third kappa shape index (κ3) is 4.86. The molecule has 2 aliphatic heterocycles. The zero-order chi connectivity index (χ0) is 27.9. The summed E-state index contributed by atoms with van der Waals surface area (Å²) in [6.45, 7) is 1.22. The summed E-state index contributed by atoms with van der Waals surface area (Å²) in [5.74, 6) is 2.11. The van der Waals surface area contributed by atoms with Gasteiger partial charge in [0.25, 0.3) is 5.91 Å². The second kappa shape index (κ2) is 10.7. The summed E-state index contributed by atoms with van der Waals surface area (Å²) in [5.41, 5.74) is 4.27.